The van der Waals surface area contributed by atoms with Crippen molar-refractivity contribution in [2.75, 3.05) is 12.4 Å². The van der Waals surface area contributed by atoms with Gasteiger partial charge in [-0.05, 0) is 48.9 Å². The first-order chi connectivity index (χ1) is 14.0. The van der Waals surface area contributed by atoms with Crippen LogP contribution in [0.2, 0.25) is 0 Å². The van der Waals surface area contributed by atoms with Crippen LogP contribution < -0.4 is 14.8 Å². The Morgan fingerprint density at radius 2 is 1.86 bits per heavy atom. The largest absolute Gasteiger partial charge is 0.495 e. The minimum absolute atomic E-state index is 0.193. The van der Waals surface area contributed by atoms with Gasteiger partial charge in [-0.3, -0.25) is 0 Å². The Labute approximate surface area is 178 Å². The predicted octanol–water partition coefficient (Wildman–Crippen LogP) is 5.66. The summed E-state index contributed by atoms with van der Waals surface area (Å²) in [4.78, 5) is 11.3. The number of ether oxygens (including phenoxy) is 2. The van der Waals surface area contributed by atoms with Gasteiger partial charge >= 0.3 is 5.97 Å². The van der Waals surface area contributed by atoms with Crippen LogP contribution in [0.25, 0.3) is 0 Å². The van der Waals surface area contributed by atoms with Gasteiger partial charge in [0.15, 0.2) is 0 Å². The molecule has 0 amide bonds. The third kappa shape index (κ3) is 5.51. The molecule has 0 heterocycles. The number of benzene rings is 3. The monoisotopic (exact) mass is 455 g/mol. The van der Waals surface area contributed by atoms with Crippen LogP contribution in [0, 0.1) is 6.92 Å². The molecule has 0 radical (unpaired) electrons. The Hall–Kier alpha value is -2.99. The summed E-state index contributed by atoms with van der Waals surface area (Å²) in [5.74, 6) is 0.350. The van der Waals surface area contributed by atoms with E-state index in [1.807, 2.05) is 30.3 Å². The molecule has 29 heavy (non-hydrogen) atoms. The molecule has 2 N–H and O–H groups in total. The SMILES string of the molecule is COc1ccc(C(=O)O)cc1NCc1cc(Br)ccc1OCc1cccc(C)c1. The van der Waals surface area contributed by atoms with Crippen LogP contribution in [0.4, 0.5) is 5.69 Å². The van der Waals surface area contributed by atoms with Crippen molar-refractivity contribution < 1.29 is 19.4 Å². The molecular formula is C23H22BrNO4. The van der Waals surface area contributed by atoms with E-state index in [1.165, 1.54) is 11.6 Å². The molecule has 0 aliphatic rings. The van der Waals surface area contributed by atoms with E-state index >= 15 is 0 Å². The third-order valence-electron chi connectivity index (χ3n) is 4.42. The summed E-state index contributed by atoms with van der Waals surface area (Å²) in [6.07, 6.45) is 0. The highest BCUT2D eigenvalue weighted by Gasteiger charge is 2.11. The van der Waals surface area contributed by atoms with E-state index in [-0.39, 0.29) is 5.56 Å². The van der Waals surface area contributed by atoms with Crippen molar-refractivity contribution in [1.82, 2.24) is 0 Å². The van der Waals surface area contributed by atoms with Crippen molar-refractivity contribution in [2.45, 2.75) is 20.1 Å². The molecule has 0 aliphatic heterocycles. The third-order valence-corrected chi connectivity index (χ3v) is 4.91. The first-order valence-corrected chi connectivity index (χ1v) is 9.87. The van der Waals surface area contributed by atoms with Crippen LogP contribution in [0.5, 0.6) is 11.5 Å². The lowest BCUT2D eigenvalue weighted by atomic mass is 10.1. The van der Waals surface area contributed by atoms with Crippen LogP contribution >= 0.6 is 15.9 Å². The standard InChI is InChI=1S/C23H22BrNO4/c1-15-4-3-5-16(10-15)14-29-21-9-7-19(24)11-18(21)13-25-20-12-17(23(26)27)6-8-22(20)28-2/h3-12,25H,13-14H2,1-2H3,(H,26,27). The smallest absolute Gasteiger partial charge is 0.335 e. The zero-order valence-corrected chi connectivity index (χ0v) is 17.8. The van der Waals surface area contributed by atoms with Gasteiger partial charge in [0, 0.05) is 16.6 Å². The highest BCUT2D eigenvalue weighted by Crippen LogP contribution is 2.29. The minimum Gasteiger partial charge on any atom is -0.495 e. The normalized spacial score (nSPS) is 10.4. The van der Waals surface area contributed by atoms with Crippen molar-refractivity contribution >= 4 is 27.6 Å². The quantitative estimate of drug-likeness (QED) is 0.458. The van der Waals surface area contributed by atoms with Gasteiger partial charge in [-0.25, -0.2) is 4.79 Å². The lowest BCUT2D eigenvalue weighted by molar-refractivity contribution is 0.0697. The molecular weight excluding hydrogens is 434 g/mol. The Morgan fingerprint density at radius 3 is 2.59 bits per heavy atom. The molecule has 3 aromatic rings. The lowest BCUT2D eigenvalue weighted by Crippen LogP contribution is -2.06. The Morgan fingerprint density at radius 1 is 1.07 bits per heavy atom. The van der Waals surface area contributed by atoms with Crippen LogP contribution in [-0.4, -0.2) is 18.2 Å². The number of carboxylic acid groups (broad SMARTS) is 1. The highest BCUT2D eigenvalue weighted by atomic mass is 79.9. The second kappa shape index (κ2) is 9.47. The number of halogens is 1. The average Bonchev–Trinajstić information content (AvgIpc) is 2.71. The van der Waals surface area contributed by atoms with Crippen molar-refractivity contribution in [3.63, 3.8) is 0 Å². The second-order valence-corrected chi connectivity index (χ2v) is 7.52. The summed E-state index contributed by atoms with van der Waals surface area (Å²) in [5, 5.41) is 12.5. The second-order valence-electron chi connectivity index (χ2n) is 6.60. The molecule has 0 bridgehead atoms. The van der Waals surface area contributed by atoms with E-state index in [4.69, 9.17) is 9.47 Å². The summed E-state index contributed by atoms with van der Waals surface area (Å²) in [6, 6.07) is 18.7. The maximum Gasteiger partial charge on any atom is 0.335 e. The van der Waals surface area contributed by atoms with Crippen LogP contribution in [0.3, 0.4) is 0 Å². The van der Waals surface area contributed by atoms with Gasteiger partial charge in [0.25, 0.3) is 0 Å². The molecule has 0 aliphatic carbocycles. The molecule has 5 nitrogen and oxygen atoms in total. The molecule has 0 saturated heterocycles. The van der Waals surface area contributed by atoms with Gasteiger partial charge in [-0.15, -0.1) is 0 Å². The fourth-order valence-electron chi connectivity index (χ4n) is 2.96. The summed E-state index contributed by atoms with van der Waals surface area (Å²) < 4.78 is 12.3. The summed E-state index contributed by atoms with van der Waals surface area (Å²) in [7, 11) is 1.55. The first-order valence-electron chi connectivity index (χ1n) is 9.08. The van der Waals surface area contributed by atoms with Crippen molar-refractivity contribution in [3.05, 3.63) is 87.4 Å². The molecule has 0 fully saturated rings. The van der Waals surface area contributed by atoms with Gasteiger partial charge < -0.3 is 19.9 Å². The van der Waals surface area contributed by atoms with Gasteiger partial charge in [0.1, 0.15) is 18.1 Å². The minimum atomic E-state index is -0.986. The summed E-state index contributed by atoms with van der Waals surface area (Å²) in [6.45, 7) is 2.97. The molecule has 3 rings (SSSR count). The number of carbonyl (C=O) groups is 1. The van der Waals surface area contributed by atoms with Crippen LogP contribution in [0.1, 0.15) is 27.0 Å². The zero-order valence-electron chi connectivity index (χ0n) is 16.2. The molecule has 6 heteroatoms. The van der Waals surface area contributed by atoms with Crippen molar-refractivity contribution in [1.29, 1.82) is 0 Å². The number of aromatic carboxylic acids is 1. The molecule has 3 aromatic carbocycles. The Kier molecular flexibility index (Phi) is 6.77. The van der Waals surface area contributed by atoms with Crippen LogP contribution in [0.15, 0.2) is 65.1 Å². The molecule has 150 valence electrons. The summed E-state index contributed by atoms with van der Waals surface area (Å²) in [5.41, 5.74) is 4.03. The van der Waals surface area contributed by atoms with Gasteiger partial charge in [-0.2, -0.15) is 0 Å². The lowest BCUT2D eigenvalue weighted by Gasteiger charge is -2.15. The topological polar surface area (TPSA) is 67.8 Å². The van der Waals surface area contributed by atoms with Crippen molar-refractivity contribution in [3.8, 4) is 11.5 Å². The number of methoxy groups -OCH3 is 1. The fraction of sp³-hybridized carbons (Fsp3) is 0.174. The predicted molar refractivity (Wildman–Crippen MR) is 117 cm³/mol. The van der Waals surface area contributed by atoms with Crippen molar-refractivity contribution in [2.24, 2.45) is 0 Å². The molecule has 0 saturated carbocycles. The molecule has 0 atom stereocenters. The number of hydrogen-bond acceptors (Lipinski definition) is 4. The van der Waals surface area contributed by atoms with E-state index in [0.29, 0.717) is 24.6 Å². The Bertz CT molecular complexity index is 1020. The average molecular weight is 456 g/mol. The van der Waals surface area contributed by atoms with Crippen LogP contribution in [-0.2, 0) is 13.2 Å². The van der Waals surface area contributed by atoms with Gasteiger partial charge in [0.05, 0.1) is 18.4 Å². The van der Waals surface area contributed by atoms with E-state index in [0.717, 1.165) is 21.3 Å². The number of anilines is 1. The van der Waals surface area contributed by atoms with E-state index < -0.39 is 5.97 Å². The Balaban J connectivity index is 1.78. The number of rotatable bonds is 8. The zero-order chi connectivity index (χ0) is 20.8. The number of aryl methyl sites for hydroxylation is 1. The number of carboxylic acids is 1. The maximum atomic E-state index is 11.3. The van der Waals surface area contributed by atoms with E-state index in [1.54, 1.807) is 19.2 Å². The van der Waals surface area contributed by atoms with E-state index in [9.17, 15) is 9.90 Å². The van der Waals surface area contributed by atoms with E-state index in [2.05, 4.69) is 40.3 Å². The fourth-order valence-corrected chi connectivity index (χ4v) is 3.37. The maximum absolute atomic E-state index is 11.3. The molecule has 0 spiro atoms. The van der Waals surface area contributed by atoms with Gasteiger partial charge in [-0.1, -0.05) is 45.8 Å². The summed E-state index contributed by atoms with van der Waals surface area (Å²) >= 11 is 3.50. The van der Waals surface area contributed by atoms with Gasteiger partial charge in [0.2, 0.25) is 0 Å². The molecule has 0 unspecified atom stereocenters. The number of nitrogens with one attached hydrogen (secondary N) is 1. The number of hydrogen-bond donors (Lipinski definition) is 2. The molecule has 0 aromatic heterocycles. The first kappa shape index (κ1) is 20.7. The highest BCUT2D eigenvalue weighted by molar-refractivity contribution is 9.10.